The van der Waals surface area contributed by atoms with Gasteiger partial charge in [-0.1, -0.05) is 78.0 Å². The van der Waals surface area contributed by atoms with Gasteiger partial charge < -0.3 is 9.94 Å². The van der Waals surface area contributed by atoms with Gasteiger partial charge in [-0.2, -0.15) is 0 Å². The van der Waals surface area contributed by atoms with E-state index in [1.165, 1.54) is 27.1 Å². The second kappa shape index (κ2) is 7.53. The van der Waals surface area contributed by atoms with Gasteiger partial charge in [0, 0.05) is 0 Å². The molecule has 0 heterocycles. The lowest BCUT2D eigenvalue weighted by molar-refractivity contribution is -0.142. The van der Waals surface area contributed by atoms with Crippen LogP contribution in [0.5, 0.6) is 0 Å². The van der Waals surface area contributed by atoms with Crippen LogP contribution in [0.4, 0.5) is 0 Å². The fraction of sp³-hybridized carbons (Fsp3) is 0.0833. The minimum atomic E-state index is -1.05. The topological polar surface area (TPSA) is 58.9 Å². The number of fused-ring (bicyclic) bond motifs is 3. The van der Waals surface area contributed by atoms with Crippen LogP contribution in [0.2, 0.25) is 0 Å². The Hall–Kier alpha value is -3.66. The van der Waals surface area contributed by atoms with Crippen molar-refractivity contribution in [1.82, 2.24) is 0 Å². The van der Waals surface area contributed by atoms with Gasteiger partial charge in [0.2, 0.25) is 6.61 Å². The van der Waals surface area contributed by atoms with Crippen LogP contribution in [-0.2, 0) is 9.63 Å². The number of nitrogens with zero attached hydrogens (tertiary/aromatic N) is 1. The molecule has 0 aliphatic heterocycles. The second-order valence-corrected chi connectivity index (χ2v) is 6.61. The molecule has 0 spiro atoms. The van der Waals surface area contributed by atoms with Crippen molar-refractivity contribution < 1.29 is 14.7 Å². The van der Waals surface area contributed by atoms with Crippen LogP contribution in [0.1, 0.15) is 12.5 Å². The van der Waals surface area contributed by atoms with E-state index >= 15 is 0 Å². The molecule has 4 aromatic rings. The molecule has 0 fully saturated rings. The molecule has 0 unspecified atom stereocenters. The first-order valence-electron chi connectivity index (χ1n) is 9.03. The third-order valence-electron chi connectivity index (χ3n) is 4.77. The molecule has 4 rings (SSSR count). The zero-order chi connectivity index (χ0) is 19.5. The first-order valence-corrected chi connectivity index (χ1v) is 9.03. The van der Waals surface area contributed by atoms with Gasteiger partial charge in [-0.05, 0) is 51.2 Å². The fourth-order valence-corrected chi connectivity index (χ4v) is 3.42. The smallest absolute Gasteiger partial charge is 0.344 e. The average Bonchev–Trinajstić information content (AvgIpc) is 2.73. The van der Waals surface area contributed by atoms with Crippen LogP contribution in [0.15, 0.2) is 84.0 Å². The molecule has 0 radical (unpaired) electrons. The van der Waals surface area contributed by atoms with E-state index in [0.717, 1.165) is 11.1 Å². The molecular formula is C24H19NO3. The summed E-state index contributed by atoms with van der Waals surface area (Å²) >= 11 is 0. The molecule has 0 atom stereocenters. The summed E-state index contributed by atoms with van der Waals surface area (Å²) in [5, 5.41) is 17.4. The highest BCUT2D eigenvalue weighted by atomic mass is 16.6. The second-order valence-electron chi connectivity index (χ2n) is 6.61. The highest BCUT2D eigenvalue weighted by Crippen LogP contribution is 2.34. The summed E-state index contributed by atoms with van der Waals surface area (Å²) in [7, 11) is 0. The van der Waals surface area contributed by atoms with E-state index in [1.54, 1.807) is 6.92 Å². The third-order valence-corrected chi connectivity index (χ3v) is 4.77. The van der Waals surface area contributed by atoms with E-state index in [4.69, 9.17) is 9.94 Å². The maximum Gasteiger partial charge on any atom is 0.344 e. The fourth-order valence-electron chi connectivity index (χ4n) is 3.42. The highest BCUT2D eigenvalue weighted by molar-refractivity contribution is 6.13. The van der Waals surface area contributed by atoms with E-state index in [2.05, 4.69) is 71.9 Å². The Morgan fingerprint density at radius 3 is 2.25 bits per heavy atom. The summed E-state index contributed by atoms with van der Waals surface area (Å²) in [5.74, 6) is -1.05. The van der Waals surface area contributed by atoms with Gasteiger partial charge in [0.05, 0.1) is 5.71 Å². The molecular weight excluding hydrogens is 350 g/mol. The van der Waals surface area contributed by atoms with Crippen LogP contribution in [0.25, 0.3) is 32.7 Å². The van der Waals surface area contributed by atoms with Crippen molar-refractivity contribution in [3.63, 3.8) is 0 Å². The molecule has 0 bridgehead atoms. The number of hydrogen-bond donors (Lipinski definition) is 1. The molecule has 0 aromatic heterocycles. The van der Waals surface area contributed by atoms with Gasteiger partial charge in [-0.25, -0.2) is 4.79 Å². The van der Waals surface area contributed by atoms with Crippen molar-refractivity contribution in [3.8, 4) is 11.1 Å². The molecule has 0 amide bonds. The minimum absolute atomic E-state index is 0.446. The van der Waals surface area contributed by atoms with Crippen molar-refractivity contribution >= 4 is 33.2 Å². The monoisotopic (exact) mass is 369 g/mol. The van der Waals surface area contributed by atoms with Gasteiger partial charge in [0.25, 0.3) is 0 Å². The van der Waals surface area contributed by atoms with Crippen molar-refractivity contribution in [3.05, 3.63) is 84.4 Å². The Labute approximate surface area is 162 Å². The van der Waals surface area contributed by atoms with Crippen LogP contribution in [0, 0.1) is 0 Å². The van der Waals surface area contributed by atoms with Crippen LogP contribution in [0.3, 0.4) is 0 Å². The summed E-state index contributed by atoms with van der Waals surface area (Å²) in [6.45, 7) is 1.35. The largest absolute Gasteiger partial charge is 0.479 e. The Balaban J connectivity index is 1.75. The van der Waals surface area contributed by atoms with Crippen molar-refractivity contribution in [2.75, 3.05) is 6.61 Å². The lowest BCUT2D eigenvalue weighted by atomic mass is 9.93. The predicted octanol–water partition coefficient (Wildman–Crippen LogP) is 5.49. The standard InChI is InChI=1S/C24H19NO3/c1-16(25-28-15-24(26)27)17-10-12-18(13-11-17)23-14-19-6-2-3-7-20(19)21-8-4-5-9-22(21)23/h2-14H,15H2,1H3,(H,26,27). The maximum absolute atomic E-state index is 10.5. The van der Waals surface area contributed by atoms with Crippen LogP contribution >= 0.6 is 0 Å². The zero-order valence-electron chi connectivity index (χ0n) is 15.4. The molecule has 0 saturated carbocycles. The summed E-state index contributed by atoms with van der Waals surface area (Å²) in [4.78, 5) is 15.3. The zero-order valence-corrected chi connectivity index (χ0v) is 15.4. The molecule has 0 aliphatic rings. The van der Waals surface area contributed by atoms with Crippen molar-refractivity contribution in [1.29, 1.82) is 0 Å². The Kier molecular flexibility index (Phi) is 4.77. The Morgan fingerprint density at radius 1 is 0.893 bits per heavy atom. The molecule has 1 N–H and O–H groups in total. The number of rotatable bonds is 5. The van der Waals surface area contributed by atoms with E-state index in [9.17, 15) is 4.79 Å². The van der Waals surface area contributed by atoms with Gasteiger partial charge >= 0.3 is 5.97 Å². The van der Waals surface area contributed by atoms with Crippen LogP contribution in [-0.4, -0.2) is 23.4 Å². The molecule has 0 saturated heterocycles. The van der Waals surface area contributed by atoms with Gasteiger partial charge in [0.15, 0.2) is 0 Å². The molecule has 4 nitrogen and oxygen atoms in total. The first-order chi connectivity index (χ1) is 13.6. The lowest BCUT2D eigenvalue weighted by Gasteiger charge is -2.11. The molecule has 28 heavy (non-hydrogen) atoms. The summed E-state index contributed by atoms with van der Waals surface area (Å²) in [5.41, 5.74) is 3.82. The van der Waals surface area contributed by atoms with Gasteiger partial charge in [0.1, 0.15) is 0 Å². The Morgan fingerprint density at radius 2 is 1.54 bits per heavy atom. The van der Waals surface area contributed by atoms with Gasteiger partial charge in [-0.15, -0.1) is 0 Å². The van der Waals surface area contributed by atoms with E-state index in [1.807, 2.05) is 12.1 Å². The number of carbonyl (C=O) groups is 1. The van der Waals surface area contributed by atoms with E-state index < -0.39 is 12.6 Å². The maximum atomic E-state index is 10.5. The van der Waals surface area contributed by atoms with E-state index in [0.29, 0.717) is 5.71 Å². The van der Waals surface area contributed by atoms with Gasteiger partial charge in [-0.3, -0.25) is 0 Å². The first kappa shape index (κ1) is 17.7. The summed E-state index contributed by atoms with van der Waals surface area (Å²) < 4.78 is 0. The normalized spacial score (nSPS) is 11.7. The average molecular weight is 369 g/mol. The highest BCUT2D eigenvalue weighted by Gasteiger charge is 2.09. The van der Waals surface area contributed by atoms with E-state index in [-0.39, 0.29) is 0 Å². The number of carboxylic acid groups (broad SMARTS) is 1. The Bertz CT molecular complexity index is 1190. The molecule has 4 heteroatoms. The number of benzene rings is 4. The number of aliphatic carboxylic acids is 1. The van der Waals surface area contributed by atoms with Crippen molar-refractivity contribution in [2.45, 2.75) is 6.92 Å². The minimum Gasteiger partial charge on any atom is -0.479 e. The number of oxime groups is 1. The summed E-state index contributed by atoms with van der Waals surface area (Å²) in [6, 6.07) is 27.1. The number of carboxylic acids is 1. The third kappa shape index (κ3) is 3.45. The molecule has 4 aromatic carbocycles. The van der Waals surface area contributed by atoms with Crippen LogP contribution < -0.4 is 0 Å². The predicted molar refractivity (Wildman–Crippen MR) is 113 cm³/mol. The number of hydrogen-bond acceptors (Lipinski definition) is 3. The quantitative estimate of drug-likeness (QED) is 0.288. The molecule has 138 valence electrons. The summed E-state index contributed by atoms with van der Waals surface area (Å²) in [6.07, 6.45) is 0. The van der Waals surface area contributed by atoms with Crippen molar-refractivity contribution in [2.24, 2.45) is 5.16 Å². The molecule has 0 aliphatic carbocycles. The lowest BCUT2D eigenvalue weighted by Crippen LogP contribution is -2.05. The SMILES string of the molecule is CC(=NOCC(=O)O)c1ccc(-c2cc3ccccc3c3ccccc23)cc1.